The van der Waals surface area contributed by atoms with E-state index in [2.05, 4.69) is 91.0 Å². The van der Waals surface area contributed by atoms with E-state index >= 15 is 0 Å². The van der Waals surface area contributed by atoms with Crippen LogP contribution in [0, 0.1) is 0 Å². The van der Waals surface area contributed by atoms with Crippen LogP contribution in [0.4, 0.5) is 0 Å². The molecule has 0 nitrogen and oxygen atoms in total. The van der Waals surface area contributed by atoms with Crippen molar-refractivity contribution in [1.82, 2.24) is 0 Å². The van der Waals surface area contributed by atoms with Gasteiger partial charge in [-0.1, -0.05) is 0 Å². The molecule has 29 heavy (non-hydrogen) atoms. The second-order valence-electron chi connectivity index (χ2n) is 8.33. The summed E-state index contributed by atoms with van der Waals surface area (Å²) >= 11 is -3.59. The molecule has 1 heterocycles. The van der Waals surface area contributed by atoms with Gasteiger partial charge in [-0.05, 0) is 0 Å². The first-order valence-electron chi connectivity index (χ1n) is 10.2. The zero-order valence-corrected chi connectivity index (χ0v) is 21.0. The summed E-state index contributed by atoms with van der Waals surface area (Å²) in [4.78, 5) is 0. The summed E-state index contributed by atoms with van der Waals surface area (Å²) in [5, 5.41) is 3.18. The fourth-order valence-corrected chi connectivity index (χ4v) is 30.2. The molecular formula is C25H20Cl2SiZr. The topological polar surface area (TPSA) is 0 Å². The van der Waals surface area contributed by atoms with Gasteiger partial charge < -0.3 is 0 Å². The number of hydrogen-bond donors (Lipinski definition) is 0. The van der Waals surface area contributed by atoms with Crippen LogP contribution in [-0.2, 0) is 23.9 Å². The van der Waals surface area contributed by atoms with Crippen molar-refractivity contribution in [2.75, 3.05) is 0 Å². The number of halogens is 2. The van der Waals surface area contributed by atoms with E-state index in [0.29, 0.717) is 0 Å². The molecule has 6 rings (SSSR count). The van der Waals surface area contributed by atoms with Crippen molar-refractivity contribution in [3.63, 3.8) is 0 Å². The molecule has 3 aromatic rings. The summed E-state index contributed by atoms with van der Waals surface area (Å²) in [5.74, 6) is 0. The van der Waals surface area contributed by atoms with Gasteiger partial charge >= 0.3 is 186 Å². The van der Waals surface area contributed by atoms with Gasteiger partial charge in [0.25, 0.3) is 0 Å². The van der Waals surface area contributed by atoms with Crippen molar-refractivity contribution >= 4 is 38.0 Å². The van der Waals surface area contributed by atoms with E-state index in [1.807, 2.05) is 0 Å². The number of allylic oxidation sites excluding steroid dienone is 2. The van der Waals surface area contributed by atoms with Crippen LogP contribution in [0.5, 0.6) is 0 Å². The molecule has 0 aromatic heterocycles. The Morgan fingerprint density at radius 3 is 1.69 bits per heavy atom. The first-order chi connectivity index (χ1) is 14.1. The summed E-state index contributed by atoms with van der Waals surface area (Å²) in [6, 6.07) is 29.7. The van der Waals surface area contributed by atoms with Crippen LogP contribution >= 0.6 is 17.0 Å². The van der Waals surface area contributed by atoms with Crippen LogP contribution in [-0.4, -0.2) is 8.80 Å². The Kier molecular flexibility index (Phi) is 4.44. The van der Waals surface area contributed by atoms with E-state index in [4.69, 9.17) is 17.0 Å². The fourth-order valence-electron chi connectivity index (χ4n) is 5.60. The van der Waals surface area contributed by atoms with Crippen LogP contribution in [0.3, 0.4) is 0 Å². The van der Waals surface area contributed by atoms with Gasteiger partial charge in [0.1, 0.15) is 0 Å². The van der Waals surface area contributed by atoms with Crippen molar-refractivity contribution in [2.24, 2.45) is 0 Å². The van der Waals surface area contributed by atoms with Gasteiger partial charge in [0, 0.05) is 0 Å². The molecule has 1 fully saturated rings. The van der Waals surface area contributed by atoms with Crippen LogP contribution < -0.4 is 0 Å². The standard InChI is InChI=1S/C25H20Si.2ClH.Zr/c1-2-8-19(9-3-1)18-26(24-14-20-10-4-5-11-21(20)15-24)25-16-22-12-6-7-13-23(22)17-25;;;/h1-17,26H,18H2;2*1H;/q;;;+2/p-2. The Morgan fingerprint density at radius 2 is 1.14 bits per heavy atom. The molecule has 0 N–H and O–H groups in total. The van der Waals surface area contributed by atoms with Gasteiger partial charge in [0.05, 0.1) is 0 Å². The van der Waals surface area contributed by atoms with Crippen molar-refractivity contribution in [3.05, 3.63) is 117 Å². The van der Waals surface area contributed by atoms with E-state index in [1.54, 1.807) is 10.4 Å². The summed E-state index contributed by atoms with van der Waals surface area (Å²) in [5.41, 5.74) is 6.89. The van der Waals surface area contributed by atoms with Crippen molar-refractivity contribution in [3.8, 4) is 0 Å². The van der Waals surface area contributed by atoms with E-state index in [1.165, 1.54) is 27.8 Å². The average molecular weight is 511 g/mol. The molecule has 0 spiro atoms. The number of fused-ring (bicyclic) bond motifs is 6. The second-order valence-corrected chi connectivity index (χ2v) is 25.9. The van der Waals surface area contributed by atoms with E-state index in [-0.39, 0.29) is 7.25 Å². The molecule has 1 aliphatic heterocycles. The zero-order chi connectivity index (χ0) is 19.6. The van der Waals surface area contributed by atoms with Crippen LogP contribution in [0.15, 0.2) is 89.3 Å². The molecule has 3 aromatic carbocycles. The first kappa shape index (κ1) is 18.6. The molecule has 0 saturated carbocycles. The van der Waals surface area contributed by atoms with Gasteiger partial charge in [0.2, 0.25) is 0 Å². The Balaban J connectivity index is 1.56. The quantitative estimate of drug-likeness (QED) is 0.332. The van der Waals surface area contributed by atoms with Gasteiger partial charge in [-0.25, -0.2) is 0 Å². The minimum atomic E-state index is -3.59. The van der Waals surface area contributed by atoms with Crippen LogP contribution in [0.25, 0.3) is 12.2 Å². The number of hydrogen-bond acceptors (Lipinski definition) is 0. The van der Waals surface area contributed by atoms with Gasteiger partial charge in [-0.2, -0.15) is 0 Å². The summed E-state index contributed by atoms with van der Waals surface area (Å²) in [6.07, 6.45) is 4.91. The molecule has 1 saturated heterocycles. The fraction of sp³-hybridized carbons (Fsp3) is 0.120. The minimum absolute atomic E-state index is 0.289. The monoisotopic (exact) mass is 508 g/mol. The third-order valence-electron chi connectivity index (χ3n) is 6.78. The number of rotatable bonds is 2. The maximum atomic E-state index is 7.51. The van der Waals surface area contributed by atoms with Crippen molar-refractivity contribution < 1.29 is 17.9 Å². The predicted molar refractivity (Wildman–Crippen MR) is 123 cm³/mol. The summed E-state index contributed by atoms with van der Waals surface area (Å²) < 4.78 is 0.579. The molecule has 0 amide bonds. The predicted octanol–water partition coefficient (Wildman–Crippen LogP) is 6.83. The normalized spacial score (nSPS) is 25.4. The average Bonchev–Trinajstić information content (AvgIpc) is 3.32. The Morgan fingerprint density at radius 1 is 0.655 bits per heavy atom. The maximum absolute atomic E-state index is 7.51. The van der Waals surface area contributed by atoms with Gasteiger partial charge in [-0.3, -0.25) is 0 Å². The summed E-state index contributed by atoms with van der Waals surface area (Å²) in [7, 11) is 13.6. The Hall–Kier alpha value is -1.18. The Labute approximate surface area is 185 Å². The van der Waals surface area contributed by atoms with E-state index < -0.39 is 26.7 Å². The summed E-state index contributed by atoms with van der Waals surface area (Å²) in [6.45, 7) is 0. The first-order valence-corrected chi connectivity index (χ1v) is 21.3. The van der Waals surface area contributed by atoms with Gasteiger partial charge in [-0.15, -0.1) is 0 Å². The molecule has 2 aliphatic carbocycles. The van der Waals surface area contributed by atoms with Crippen LogP contribution in [0.2, 0.25) is 0 Å². The second kappa shape index (κ2) is 6.92. The number of benzene rings is 3. The van der Waals surface area contributed by atoms with E-state index in [9.17, 15) is 0 Å². The van der Waals surface area contributed by atoms with Crippen molar-refractivity contribution in [2.45, 2.75) is 13.3 Å². The third kappa shape index (κ3) is 2.80. The molecule has 2 atom stereocenters. The third-order valence-corrected chi connectivity index (χ3v) is 24.0. The van der Waals surface area contributed by atoms with E-state index in [0.717, 1.165) is 6.04 Å². The molecule has 0 radical (unpaired) electrons. The molecular weight excluding hydrogens is 490 g/mol. The SMILES string of the molecule is [Cl][Zr]1([Cl])[CH]2C(=Cc3ccccc32)[SiH](Cc2ccccc2)C2=Cc3ccccc3[CH]21. The molecule has 4 heteroatoms. The molecule has 142 valence electrons. The zero-order valence-electron chi connectivity index (χ0n) is 15.9. The van der Waals surface area contributed by atoms with Crippen LogP contribution in [0.1, 0.15) is 35.1 Å². The molecule has 2 unspecified atom stereocenters. The van der Waals surface area contributed by atoms with Crippen molar-refractivity contribution in [1.29, 1.82) is 0 Å². The molecule has 0 bridgehead atoms. The Bertz CT molecular complexity index is 1110. The molecule has 3 aliphatic rings. The van der Waals surface area contributed by atoms with Gasteiger partial charge in [0.15, 0.2) is 0 Å².